The highest BCUT2D eigenvalue weighted by Gasteiger charge is 2.22. The Morgan fingerprint density at radius 1 is 1.42 bits per heavy atom. The van der Waals surface area contributed by atoms with Gasteiger partial charge in [0.1, 0.15) is 5.75 Å². The van der Waals surface area contributed by atoms with E-state index in [0.717, 1.165) is 12.3 Å². The van der Waals surface area contributed by atoms with E-state index in [1.807, 2.05) is 12.1 Å². The van der Waals surface area contributed by atoms with Crippen LogP contribution in [0.15, 0.2) is 18.2 Å². The summed E-state index contributed by atoms with van der Waals surface area (Å²) in [5, 5.41) is 9.27. The van der Waals surface area contributed by atoms with Crippen LogP contribution in [0, 0.1) is 9.49 Å². The predicted octanol–water partition coefficient (Wildman–Crippen LogP) is 2.95. The molecule has 1 aromatic rings. The van der Waals surface area contributed by atoms with Crippen molar-refractivity contribution in [3.63, 3.8) is 0 Å². The van der Waals surface area contributed by atoms with E-state index in [2.05, 4.69) is 22.6 Å². The monoisotopic (exact) mass is 274 g/mol. The van der Waals surface area contributed by atoms with Crippen LogP contribution in [0.5, 0.6) is 5.75 Å². The van der Waals surface area contributed by atoms with Crippen LogP contribution in [0.1, 0.15) is 18.4 Å². The smallest absolute Gasteiger partial charge is 0.115 e. The molecule has 0 atom stereocenters. The van der Waals surface area contributed by atoms with Crippen molar-refractivity contribution in [1.29, 1.82) is 0 Å². The maximum absolute atomic E-state index is 9.27. The van der Waals surface area contributed by atoms with Gasteiger partial charge in [-0.1, -0.05) is 0 Å². The highest BCUT2D eigenvalue weighted by atomic mass is 127. The van der Waals surface area contributed by atoms with Gasteiger partial charge in [0, 0.05) is 3.57 Å². The van der Waals surface area contributed by atoms with Crippen molar-refractivity contribution in [3.8, 4) is 5.75 Å². The summed E-state index contributed by atoms with van der Waals surface area (Å²) < 4.78 is 1.28. The molecule has 0 aromatic heterocycles. The second-order valence-electron chi connectivity index (χ2n) is 3.42. The third-order valence-corrected chi connectivity index (χ3v) is 3.29. The van der Waals surface area contributed by atoms with Gasteiger partial charge in [-0.15, -0.1) is 0 Å². The number of phenolic OH excluding ortho intramolecular Hbond substituents is 1. The van der Waals surface area contributed by atoms with E-state index in [4.69, 9.17) is 0 Å². The standard InChI is InChI=1S/C10H11IO/c11-10-4-3-9(12)6-8(10)5-7-1-2-7/h3-4,6-7,12H,1-2,5H2. The van der Waals surface area contributed by atoms with E-state index in [1.165, 1.54) is 22.0 Å². The van der Waals surface area contributed by atoms with Crippen LogP contribution in [0.3, 0.4) is 0 Å². The molecule has 1 aliphatic carbocycles. The second kappa shape index (κ2) is 3.24. The van der Waals surface area contributed by atoms with Crippen molar-refractivity contribution < 1.29 is 5.11 Å². The number of phenols is 1. The molecule has 0 aliphatic heterocycles. The van der Waals surface area contributed by atoms with E-state index < -0.39 is 0 Å². The topological polar surface area (TPSA) is 20.2 Å². The molecule has 0 spiro atoms. The molecule has 1 aliphatic rings. The fourth-order valence-electron chi connectivity index (χ4n) is 1.35. The Hall–Kier alpha value is -0.250. The molecule has 1 nitrogen and oxygen atoms in total. The van der Waals surface area contributed by atoms with Gasteiger partial charge in [0.05, 0.1) is 0 Å². The predicted molar refractivity (Wildman–Crippen MR) is 57.3 cm³/mol. The van der Waals surface area contributed by atoms with Gasteiger partial charge in [-0.05, 0) is 71.5 Å². The van der Waals surface area contributed by atoms with Gasteiger partial charge in [0.2, 0.25) is 0 Å². The van der Waals surface area contributed by atoms with Crippen LogP contribution in [-0.2, 0) is 6.42 Å². The maximum atomic E-state index is 9.27. The molecule has 1 fully saturated rings. The summed E-state index contributed by atoms with van der Waals surface area (Å²) in [4.78, 5) is 0. The van der Waals surface area contributed by atoms with E-state index >= 15 is 0 Å². The average molecular weight is 274 g/mol. The summed E-state index contributed by atoms with van der Waals surface area (Å²) in [6, 6.07) is 5.62. The van der Waals surface area contributed by atoms with Gasteiger partial charge in [-0.2, -0.15) is 0 Å². The lowest BCUT2D eigenvalue weighted by Gasteiger charge is -2.03. The van der Waals surface area contributed by atoms with Crippen molar-refractivity contribution in [2.75, 3.05) is 0 Å². The molecule has 0 radical (unpaired) electrons. The van der Waals surface area contributed by atoms with Gasteiger partial charge in [0.15, 0.2) is 0 Å². The van der Waals surface area contributed by atoms with Crippen LogP contribution < -0.4 is 0 Å². The highest BCUT2D eigenvalue weighted by Crippen LogP contribution is 2.34. The molecule has 0 amide bonds. The Morgan fingerprint density at radius 3 is 2.83 bits per heavy atom. The van der Waals surface area contributed by atoms with E-state index in [0.29, 0.717) is 5.75 Å². The van der Waals surface area contributed by atoms with Crippen molar-refractivity contribution >= 4 is 22.6 Å². The van der Waals surface area contributed by atoms with Gasteiger partial charge in [0.25, 0.3) is 0 Å². The molecule has 0 saturated heterocycles. The number of halogens is 1. The first-order valence-corrected chi connectivity index (χ1v) is 5.31. The lowest BCUT2D eigenvalue weighted by Crippen LogP contribution is -1.90. The van der Waals surface area contributed by atoms with Gasteiger partial charge in [-0.3, -0.25) is 0 Å². The fourth-order valence-corrected chi connectivity index (χ4v) is 1.91. The minimum absolute atomic E-state index is 0.395. The summed E-state index contributed by atoms with van der Waals surface area (Å²) >= 11 is 2.33. The summed E-state index contributed by atoms with van der Waals surface area (Å²) in [5.41, 5.74) is 1.30. The van der Waals surface area contributed by atoms with Gasteiger partial charge < -0.3 is 5.11 Å². The molecule has 2 heteroatoms. The molecular weight excluding hydrogens is 263 g/mol. The normalized spacial score (nSPS) is 16.4. The summed E-state index contributed by atoms with van der Waals surface area (Å²) in [7, 11) is 0. The minimum Gasteiger partial charge on any atom is -0.508 e. The molecule has 1 N–H and O–H groups in total. The fraction of sp³-hybridized carbons (Fsp3) is 0.400. The molecule has 1 aromatic carbocycles. The Kier molecular flexibility index (Phi) is 2.26. The molecular formula is C10H11IO. The van der Waals surface area contributed by atoms with Gasteiger partial charge in [-0.25, -0.2) is 0 Å². The van der Waals surface area contributed by atoms with Crippen LogP contribution in [-0.4, -0.2) is 5.11 Å². The number of rotatable bonds is 2. The Bertz CT molecular complexity index is 292. The highest BCUT2D eigenvalue weighted by molar-refractivity contribution is 14.1. The Balaban J connectivity index is 2.21. The van der Waals surface area contributed by atoms with Crippen molar-refractivity contribution in [1.82, 2.24) is 0 Å². The quantitative estimate of drug-likeness (QED) is 0.822. The zero-order chi connectivity index (χ0) is 8.55. The van der Waals surface area contributed by atoms with Crippen LogP contribution >= 0.6 is 22.6 Å². The average Bonchev–Trinajstić information content (AvgIpc) is 2.81. The summed E-state index contributed by atoms with van der Waals surface area (Å²) in [6.07, 6.45) is 3.88. The molecule has 2 rings (SSSR count). The maximum Gasteiger partial charge on any atom is 0.115 e. The number of hydrogen-bond acceptors (Lipinski definition) is 1. The van der Waals surface area contributed by atoms with Crippen molar-refractivity contribution in [3.05, 3.63) is 27.3 Å². The first kappa shape index (κ1) is 8.35. The molecule has 12 heavy (non-hydrogen) atoms. The SMILES string of the molecule is Oc1ccc(I)c(CC2CC2)c1. The largest absolute Gasteiger partial charge is 0.508 e. The lowest BCUT2D eigenvalue weighted by atomic mass is 10.1. The third kappa shape index (κ3) is 1.91. The van der Waals surface area contributed by atoms with Crippen LogP contribution in [0.4, 0.5) is 0 Å². The lowest BCUT2D eigenvalue weighted by molar-refractivity contribution is 0.474. The molecule has 0 heterocycles. The zero-order valence-corrected chi connectivity index (χ0v) is 8.91. The number of hydrogen-bond donors (Lipinski definition) is 1. The number of aromatic hydroxyl groups is 1. The van der Waals surface area contributed by atoms with E-state index in [-0.39, 0.29) is 0 Å². The van der Waals surface area contributed by atoms with E-state index in [1.54, 1.807) is 6.07 Å². The Labute approximate surface area is 85.9 Å². The van der Waals surface area contributed by atoms with Crippen molar-refractivity contribution in [2.45, 2.75) is 19.3 Å². The number of benzene rings is 1. The van der Waals surface area contributed by atoms with Crippen LogP contribution in [0.2, 0.25) is 0 Å². The van der Waals surface area contributed by atoms with Crippen molar-refractivity contribution in [2.24, 2.45) is 5.92 Å². The molecule has 64 valence electrons. The molecule has 0 unspecified atom stereocenters. The van der Waals surface area contributed by atoms with E-state index in [9.17, 15) is 5.11 Å². The first-order chi connectivity index (χ1) is 5.75. The zero-order valence-electron chi connectivity index (χ0n) is 6.76. The van der Waals surface area contributed by atoms with Gasteiger partial charge >= 0.3 is 0 Å². The summed E-state index contributed by atoms with van der Waals surface area (Å²) in [5.74, 6) is 1.28. The second-order valence-corrected chi connectivity index (χ2v) is 4.59. The minimum atomic E-state index is 0.395. The molecule has 1 saturated carbocycles. The third-order valence-electron chi connectivity index (χ3n) is 2.23. The summed E-state index contributed by atoms with van der Waals surface area (Å²) in [6.45, 7) is 0. The first-order valence-electron chi connectivity index (χ1n) is 4.23. The van der Waals surface area contributed by atoms with Crippen LogP contribution in [0.25, 0.3) is 0 Å². The Morgan fingerprint density at radius 2 is 2.17 bits per heavy atom. The molecule has 0 bridgehead atoms.